The third-order valence-corrected chi connectivity index (χ3v) is 3.12. The van der Waals surface area contributed by atoms with Crippen molar-refractivity contribution in [2.45, 2.75) is 5.16 Å². The maximum Gasteiger partial charge on any atom is 0.323 e. The Kier molecular flexibility index (Phi) is 6.69. The molecule has 1 aromatic rings. The van der Waals surface area contributed by atoms with Gasteiger partial charge in [-0.1, -0.05) is 23.4 Å². The van der Waals surface area contributed by atoms with Crippen LogP contribution in [0, 0.1) is 0 Å². The van der Waals surface area contributed by atoms with Crippen LogP contribution in [0.25, 0.3) is 0 Å². The van der Waals surface area contributed by atoms with Gasteiger partial charge in [-0.25, -0.2) is 9.97 Å². The lowest BCUT2D eigenvalue weighted by Crippen LogP contribution is -2.38. The third kappa shape index (κ3) is 4.62. The molecule has 9 heteroatoms. The predicted molar refractivity (Wildman–Crippen MR) is 74.2 cm³/mol. The van der Waals surface area contributed by atoms with Gasteiger partial charge < -0.3 is 14.7 Å². The number of ether oxygens (including phenoxy) is 1. The zero-order valence-corrected chi connectivity index (χ0v) is 12.6. The van der Waals surface area contributed by atoms with E-state index >= 15 is 0 Å². The maximum absolute atomic E-state index is 12.3. The van der Waals surface area contributed by atoms with E-state index in [0.29, 0.717) is 5.16 Å². The molecule has 7 nitrogen and oxygen atoms in total. The highest BCUT2D eigenvalue weighted by molar-refractivity contribution is 7.98. The van der Waals surface area contributed by atoms with E-state index in [1.807, 2.05) is 0 Å². The fourth-order valence-corrected chi connectivity index (χ4v) is 1.88. The van der Waals surface area contributed by atoms with Crippen molar-refractivity contribution in [3.05, 3.63) is 16.9 Å². The molecule has 0 bridgehead atoms. The number of hydrogen-bond donors (Lipinski definition) is 1. The van der Waals surface area contributed by atoms with Crippen LogP contribution in [0.15, 0.2) is 11.4 Å². The first kappa shape index (κ1) is 16.7. The molecule has 0 aliphatic carbocycles. The smallest absolute Gasteiger partial charge is 0.323 e. The van der Waals surface area contributed by atoms with E-state index in [0.717, 1.165) is 4.90 Å². The normalized spacial score (nSPS) is 10.3. The Morgan fingerprint density at radius 1 is 1.55 bits per heavy atom. The minimum absolute atomic E-state index is 0.0108. The van der Waals surface area contributed by atoms with Crippen molar-refractivity contribution in [2.75, 3.05) is 33.1 Å². The molecule has 110 valence electrons. The van der Waals surface area contributed by atoms with E-state index in [1.54, 1.807) is 6.26 Å². The van der Waals surface area contributed by atoms with Crippen LogP contribution in [0.3, 0.4) is 0 Å². The number of carboxylic acid groups (broad SMARTS) is 1. The fraction of sp³-hybridized carbons (Fsp3) is 0.455. The zero-order valence-electron chi connectivity index (χ0n) is 11.0. The van der Waals surface area contributed by atoms with Gasteiger partial charge in [-0.2, -0.15) is 0 Å². The Hall–Kier alpha value is -1.38. The van der Waals surface area contributed by atoms with Gasteiger partial charge in [0.25, 0.3) is 5.91 Å². The van der Waals surface area contributed by atoms with Crippen molar-refractivity contribution in [2.24, 2.45) is 0 Å². The fourth-order valence-electron chi connectivity index (χ4n) is 1.37. The van der Waals surface area contributed by atoms with Crippen molar-refractivity contribution in [1.82, 2.24) is 14.9 Å². The van der Waals surface area contributed by atoms with E-state index < -0.39 is 18.4 Å². The second kappa shape index (κ2) is 8.03. The second-order valence-electron chi connectivity index (χ2n) is 3.67. The largest absolute Gasteiger partial charge is 0.480 e. The van der Waals surface area contributed by atoms with E-state index in [4.69, 9.17) is 21.4 Å². The number of rotatable bonds is 7. The van der Waals surface area contributed by atoms with Gasteiger partial charge in [0.1, 0.15) is 6.54 Å². The number of methoxy groups -OCH3 is 1. The van der Waals surface area contributed by atoms with Crippen molar-refractivity contribution < 1.29 is 19.4 Å². The number of aromatic nitrogens is 2. The first-order valence-electron chi connectivity index (χ1n) is 5.56. The summed E-state index contributed by atoms with van der Waals surface area (Å²) >= 11 is 7.16. The lowest BCUT2D eigenvalue weighted by atomic mass is 10.3. The lowest BCUT2D eigenvalue weighted by molar-refractivity contribution is -0.137. The van der Waals surface area contributed by atoms with Crippen LogP contribution < -0.4 is 0 Å². The topological polar surface area (TPSA) is 92.6 Å². The van der Waals surface area contributed by atoms with Crippen LogP contribution in [-0.4, -0.2) is 64.9 Å². The first-order chi connectivity index (χ1) is 9.49. The van der Waals surface area contributed by atoms with E-state index in [-0.39, 0.29) is 23.9 Å². The Labute approximate surface area is 125 Å². The average Bonchev–Trinajstić information content (AvgIpc) is 2.43. The monoisotopic (exact) mass is 319 g/mol. The summed E-state index contributed by atoms with van der Waals surface area (Å²) in [6.45, 7) is -0.0925. The number of carbonyl (C=O) groups is 2. The summed E-state index contributed by atoms with van der Waals surface area (Å²) in [6.07, 6.45) is 3.08. The van der Waals surface area contributed by atoms with Crippen LogP contribution >= 0.6 is 23.4 Å². The molecule has 0 saturated heterocycles. The molecule has 0 unspecified atom stereocenters. The molecule has 0 saturated carbocycles. The molecule has 0 radical (unpaired) electrons. The molecule has 1 rings (SSSR count). The van der Waals surface area contributed by atoms with Gasteiger partial charge in [-0.15, -0.1) is 0 Å². The molecule has 0 spiro atoms. The van der Waals surface area contributed by atoms with Crippen LogP contribution in [0.5, 0.6) is 0 Å². The quantitative estimate of drug-likeness (QED) is 0.592. The summed E-state index contributed by atoms with van der Waals surface area (Å²) in [5.74, 6) is -1.68. The van der Waals surface area contributed by atoms with Gasteiger partial charge in [0.2, 0.25) is 0 Å². The number of carbonyl (C=O) groups excluding carboxylic acids is 1. The van der Waals surface area contributed by atoms with Crippen LogP contribution in [0.1, 0.15) is 10.5 Å². The van der Waals surface area contributed by atoms with Gasteiger partial charge in [0, 0.05) is 13.7 Å². The molecule has 1 N–H and O–H groups in total. The number of aliphatic carboxylic acids is 1. The molecule has 1 amide bonds. The third-order valence-electron chi connectivity index (χ3n) is 2.29. The molecule has 0 aliphatic rings. The van der Waals surface area contributed by atoms with Gasteiger partial charge in [0.05, 0.1) is 17.8 Å². The first-order valence-corrected chi connectivity index (χ1v) is 7.16. The number of amides is 1. The summed E-state index contributed by atoms with van der Waals surface area (Å²) < 4.78 is 4.86. The number of carboxylic acids is 1. The van der Waals surface area contributed by atoms with Gasteiger partial charge in [-0.05, 0) is 6.26 Å². The summed E-state index contributed by atoms with van der Waals surface area (Å²) in [5.41, 5.74) is -0.0108. The summed E-state index contributed by atoms with van der Waals surface area (Å²) in [6, 6.07) is 0. The summed E-state index contributed by atoms with van der Waals surface area (Å²) in [5, 5.41) is 9.32. The van der Waals surface area contributed by atoms with Crippen molar-refractivity contribution in [3.63, 3.8) is 0 Å². The number of halogens is 1. The van der Waals surface area contributed by atoms with Crippen molar-refractivity contribution in [1.29, 1.82) is 0 Å². The SMILES string of the molecule is COCCN(CC(=O)O)C(=O)c1nc(SC)ncc1Cl. The highest BCUT2D eigenvalue weighted by Crippen LogP contribution is 2.18. The van der Waals surface area contributed by atoms with E-state index in [1.165, 1.54) is 25.1 Å². The molecular formula is C11H14ClN3O4S. The average molecular weight is 320 g/mol. The molecule has 0 fully saturated rings. The highest BCUT2D eigenvalue weighted by atomic mass is 35.5. The molecule has 1 heterocycles. The molecule has 1 aromatic heterocycles. The molecule has 0 atom stereocenters. The van der Waals surface area contributed by atoms with Crippen molar-refractivity contribution in [3.8, 4) is 0 Å². The van der Waals surface area contributed by atoms with Gasteiger partial charge in [0.15, 0.2) is 10.9 Å². The summed E-state index contributed by atoms with van der Waals surface area (Å²) in [7, 11) is 1.47. The predicted octanol–water partition coefficient (Wildman–Crippen LogP) is 1.03. The van der Waals surface area contributed by atoms with Crippen LogP contribution in [0.2, 0.25) is 5.02 Å². The van der Waals surface area contributed by atoms with Gasteiger partial charge >= 0.3 is 5.97 Å². The Balaban J connectivity index is 3.00. The molecule has 20 heavy (non-hydrogen) atoms. The standard InChI is InChI=1S/C11H14ClN3O4S/c1-19-4-3-15(6-8(16)17)10(18)9-7(12)5-13-11(14-9)20-2/h5H,3-4,6H2,1-2H3,(H,16,17). The highest BCUT2D eigenvalue weighted by Gasteiger charge is 2.22. The van der Waals surface area contributed by atoms with Gasteiger partial charge in [-0.3, -0.25) is 9.59 Å². The Morgan fingerprint density at radius 3 is 2.80 bits per heavy atom. The zero-order chi connectivity index (χ0) is 15.1. The summed E-state index contributed by atoms with van der Waals surface area (Å²) in [4.78, 5) is 32.2. The van der Waals surface area contributed by atoms with E-state index in [2.05, 4.69) is 9.97 Å². The number of thioether (sulfide) groups is 1. The second-order valence-corrected chi connectivity index (χ2v) is 4.85. The lowest BCUT2D eigenvalue weighted by Gasteiger charge is -2.20. The molecule has 0 aromatic carbocycles. The maximum atomic E-state index is 12.3. The number of hydrogen-bond acceptors (Lipinski definition) is 6. The van der Waals surface area contributed by atoms with Crippen molar-refractivity contribution >= 4 is 35.2 Å². The minimum atomic E-state index is -1.12. The van der Waals surface area contributed by atoms with Crippen LogP contribution in [-0.2, 0) is 9.53 Å². The minimum Gasteiger partial charge on any atom is -0.480 e. The molecular weight excluding hydrogens is 306 g/mol. The van der Waals surface area contributed by atoms with Crippen LogP contribution in [0.4, 0.5) is 0 Å². The number of nitrogens with zero attached hydrogens (tertiary/aromatic N) is 3. The van der Waals surface area contributed by atoms with E-state index in [9.17, 15) is 9.59 Å². The molecule has 0 aliphatic heterocycles. The Bertz CT molecular complexity index is 501. The Morgan fingerprint density at radius 2 is 2.25 bits per heavy atom.